The van der Waals surface area contributed by atoms with Crippen molar-refractivity contribution in [2.24, 2.45) is 0 Å². The highest BCUT2D eigenvalue weighted by Gasteiger charge is 2.22. The van der Waals surface area contributed by atoms with Crippen LogP contribution in [0.3, 0.4) is 0 Å². The molecule has 0 aromatic heterocycles. The summed E-state index contributed by atoms with van der Waals surface area (Å²) in [5.41, 5.74) is 3.04. The Morgan fingerprint density at radius 2 is 1.57 bits per heavy atom. The molecule has 6 heteroatoms. The first-order chi connectivity index (χ1) is 10.7. The van der Waals surface area contributed by atoms with Crippen LogP contribution < -0.4 is 4.72 Å². The summed E-state index contributed by atoms with van der Waals surface area (Å²) in [7, 11) is -3.89. The number of hydrogen-bond donors (Lipinski definition) is 1. The number of aryl methyl sites for hydroxylation is 3. The summed E-state index contributed by atoms with van der Waals surface area (Å²) < 4.78 is 27.9. The van der Waals surface area contributed by atoms with Crippen molar-refractivity contribution in [3.63, 3.8) is 0 Å². The van der Waals surface area contributed by atoms with E-state index in [1.54, 1.807) is 26.0 Å². The Kier molecular flexibility index (Phi) is 5.26. The van der Waals surface area contributed by atoms with Crippen molar-refractivity contribution in [1.82, 2.24) is 4.72 Å². The number of hydrogen-bond acceptors (Lipinski definition) is 3. The molecule has 0 bridgehead atoms. The van der Waals surface area contributed by atoms with Gasteiger partial charge in [0.25, 0.3) is 10.0 Å². The molecule has 0 radical (unpaired) electrons. The molecule has 0 unspecified atom stereocenters. The summed E-state index contributed by atoms with van der Waals surface area (Å²) >= 11 is 3.33. The minimum atomic E-state index is -3.89. The second-order valence-corrected chi connectivity index (χ2v) is 8.09. The number of benzene rings is 2. The van der Waals surface area contributed by atoms with E-state index in [-0.39, 0.29) is 11.3 Å². The fourth-order valence-electron chi connectivity index (χ4n) is 2.45. The van der Waals surface area contributed by atoms with Crippen molar-refractivity contribution in [2.75, 3.05) is 0 Å². The average Bonchev–Trinajstić information content (AvgIpc) is 2.38. The van der Waals surface area contributed by atoms with E-state index in [0.717, 1.165) is 15.6 Å². The summed E-state index contributed by atoms with van der Waals surface area (Å²) in [6, 6.07) is 10.8. The molecule has 4 nitrogen and oxygen atoms in total. The minimum absolute atomic E-state index is 0.0220. The number of nitrogens with one attached hydrogen (secondary N) is 1. The van der Waals surface area contributed by atoms with E-state index >= 15 is 0 Å². The van der Waals surface area contributed by atoms with E-state index in [1.165, 1.54) is 0 Å². The van der Waals surface area contributed by atoms with Crippen molar-refractivity contribution in [3.05, 3.63) is 63.1 Å². The van der Waals surface area contributed by atoms with Crippen LogP contribution in [0.15, 0.2) is 45.8 Å². The van der Waals surface area contributed by atoms with Gasteiger partial charge in [-0.15, -0.1) is 0 Å². The molecule has 1 N–H and O–H groups in total. The van der Waals surface area contributed by atoms with E-state index < -0.39 is 15.9 Å². The van der Waals surface area contributed by atoms with Gasteiger partial charge in [-0.1, -0.05) is 45.8 Å². The van der Waals surface area contributed by atoms with Gasteiger partial charge < -0.3 is 0 Å². The quantitative estimate of drug-likeness (QED) is 0.862. The van der Waals surface area contributed by atoms with Gasteiger partial charge in [0.1, 0.15) is 0 Å². The van der Waals surface area contributed by atoms with Crippen molar-refractivity contribution in [1.29, 1.82) is 0 Å². The molecule has 0 heterocycles. The summed E-state index contributed by atoms with van der Waals surface area (Å²) in [5.74, 6) is -0.546. The summed E-state index contributed by atoms with van der Waals surface area (Å²) in [6.07, 6.45) is 0.0220. The van der Waals surface area contributed by atoms with Crippen LogP contribution in [0.25, 0.3) is 0 Å². The monoisotopic (exact) mass is 395 g/mol. The molecule has 2 aromatic rings. The van der Waals surface area contributed by atoms with Gasteiger partial charge in [-0.3, -0.25) is 4.79 Å². The zero-order valence-electron chi connectivity index (χ0n) is 13.2. The Bertz CT molecular complexity index is 820. The van der Waals surface area contributed by atoms with E-state index in [2.05, 4.69) is 20.7 Å². The van der Waals surface area contributed by atoms with Crippen LogP contribution in [-0.2, 0) is 21.2 Å². The standard InChI is InChI=1S/C17H18BrNO3S/c1-11-4-6-14(7-5-11)10-16(20)19-23(21,22)17-12(2)8-15(18)9-13(17)3/h4-9H,10H2,1-3H3,(H,19,20). The van der Waals surface area contributed by atoms with E-state index in [1.807, 2.05) is 31.2 Å². The Balaban J connectivity index is 2.21. The average molecular weight is 396 g/mol. The third-order valence-corrected chi connectivity index (χ3v) is 5.56. The smallest absolute Gasteiger partial charge is 0.264 e. The Labute approximate surface area is 145 Å². The second kappa shape index (κ2) is 6.84. The molecule has 122 valence electrons. The van der Waals surface area contributed by atoms with Crippen LogP contribution in [0.2, 0.25) is 0 Å². The maximum absolute atomic E-state index is 12.5. The summed E-state index contributed by atoms with van der Waals surface area (Å²) in [6.45, 7) is 5.36. The minimum Gasteiger partial charge on any atom is -0.274 e. The summed E-state index contributed by atoms with van der Waals surface area (Å²) in [4.78, 5) is 12.2. The maximum Gasteiger partial charge on any atom is 0.264 e. The van der Waals surface area contributed by atoms with Gasteiger partial charge in [0.2, 0.25) is 5.91 Å². The van der Waals surface area contributed by atoms with Crippen molar-refractivity contribution >= 4 is 31.9 Å². The molecule has 0 aliphatic heterocycles. The first-order valence-corrected chi connectivity index (χ1v) is 9.34. The van der Waals surface area contributed by atoms with Gasteiger partial charge in [-0.2, -0.15) is 0 Å². The van der Waals surface area contributed by atoms with E-state index in [4.69, 9.17) is 0 Å². The third kappa shape index (κ3) is 4.42. The normalized spacial score (nSPS) is 11.3. The van der Waals surface area contributed by atoms with Gasteiger partial charge in [0, 0.05) is 4.47 Å². The van der Waals surface area contributed by atoms with Crippen LogP contribution in [-0.4, -0.2) is 14.3 Å². The first-order valence-electron chi connectivity index (χ1n) is 7.07. The summed E-state index contributed by atoms with van der Waals surface area (Å²) in [5, 5.41) is 0. The lowest BCUT2D eigenvalue weighted by atomic mass is 10.1. The van der Waals surface area contributed by atoms with E-state index in [0.29, 0.717) is 11.1 Å². The third-order valence-electron chi connectivity index (χ3n) is 3.43. The number of carbonyl (C=O) groups excluding carboxylic acids is 1. The van der Waals surface area contributed by atoms with Crippen molar-refractivity contribution in [3.8, 4) is 0 Å². The molecule has 2 rings (SSSR count). The lowest BCUT2D eigenvalue weighted by molar-refractivity contribution is -0.118. The lowest BCUT2D eigenvalue weighted by Gasteiger charge is -2.12. The Morgan fingerprint density at radius 3 is 2.09 bits per heavy atom. The number of amides is 1. The zero-order chi connectivity index (χ0) is 17.2. The van der Waals surface area contributed by atoms with Crippen LogP contribution in [0, 0.1) is 20.8 Å². The molecule has 0 saturated heterocycles. The van der Waals surface area contributed by atoms with Crippen LogP contribution in [0.4, 0.5) is 0 Å². The number of sulfonamides is 1. The predicted molar refractivity (Wildman–Crippen MR) is 93.8 cm³/mol. The highest BCUT2D eigenvalue weighted by Crippen LogP contribution is 2.24. The van der Waals surface area contributed by atoms with Gasteiger partial charge in [0.15, 0.2) is 0 Å². The molecule has 2 aromatic carbocycles. The molecular formula is C17H18BrNO3S. The lowest BCUT2D eigenvalue weighted by Crippen LogP contribution is -2.32. The molecule has 0 aliphatic carbocycles. The molecule has 0 spiro atoms. The predicted octanol–water partition coefficient (Wildman–Crippen LogP) is 3.42. The Morgan fingerprint density at radius 1 is 1.04 bits per heavy atom. The molecule has 0 saturated carbocycles. The zero-order valence-corrected chi connectivity index (χ0v) is 15.6. The van der Waals surface area contributed by atoms with Crippen LogP contribution in [0.5, 0.6) is 0 Å². The van der Waals surface area contributed by atoms with Gasteiger partial charge in [-0.05, 0) is 49.6 Å². The molecule has 1 amide bonds. The largest absolute Gasteiger partial charge is 0.274 e. The fraction of sp³-hybridized carbons (Fsp3) is 0.235. The van der Waals surface area contributed by atoms with E-state index in [9.17, 15) is 13.2 Å². The first kappa shape index (κ1) is 17.7. The van der Waals surface area contributed by atoms with Crippen molar-refractivity contribution < 1.29 is 13.2 Å². The maximum atomic E-state index is 12.5. The second-order valence-electron chi connectivity index (χ2n) is 5.56. The molecule has 23 heavy (non-hydrogen) atoms. The van der Waals surface area contributed by atoms with Crippen LogP contribution >= 0.6 is 15.9 Å². The molecule has 0 fully saturated rings. The molecular weight excluding hydrogens is 378 g/mol. The number of carbonyl (C=O) groups is 1. The highest BCUT2D eigenvalue weighted by molar-refractivity contribution is 9.10. The van der Waals surface area contributed by atoms with Crippen LogP contribution in [0.1, 0.15) is 22.3 Å². The fourth-order valence-corrected chi connectivity index (χ4v) is 4.58. The van der Waals surface area contributed by atoms with Gasteiger partial charge >= 0.3 is 0 Å². The highest BCUT2D eigenvalue weighted by atomic mass is 79.9. The van der Waals surface area contributed by atoms with Gasteiger partial charge in [-0.25, -0.2) is 13.1 Å². The van der Waals surface area contributed by atoms with Gasteiger partial charge in [0.05, 0.1) is 11.3 Å². The number of halogens is 1. The Hall–Kier alpha value is -1.66. The molecule has 0 atom stereocenters. The molecule has 0 aliphatic rings. The number of rotatable bonds is 4. The van der Waals surface area contributed by atoms with Crippen molar-refractivity contribution in [2.45, 2.75) is 32.1 Å². The SMILES string of the molecule is Cc1ccc(CC(=O)NS(=O)(=O)c2c(C)cc(Br)cc2C)cc1. The topological polar surface area (TPSA) is 63.2 Å².